The zero-order valence-electron chi connectivity index (χ0n) is 18.2. The van der Waals surface area contributed by atoms with E-state index in [-0.39, 0.29) is 6.54 Å². The number of aliphatic hydroxyl groups is 1. The molecule has 1 fully saturated rings. The van der Waals surface area contributed by atoms with E-state index < -0.39 is 25.6 Å². The Kier molecular flexibility index (Phi) is 7.34. The summed E-state index contributed by atoms with van der Waals surface area (Å²) in [5.74, 6) is 5.81. The van der Waals surface area contributed by atoms with E-state index in [1.165, 1.54) is 15.6 Å². The fourth-order valence-electron chi connectivity index (χ4n) is 3.31. The van der Waals surface area contributed by atoms with E-state index in [9.17, 15) is 21.9 Å². The number of thiophene rings is 1. The average Bonchev–Trinajstić information content (AvgIpc) is 3.26. The Morgan fingerprint density at radius 3 is 2.38 bits per heavy atom. The van der Waals surface area contributed by atoms with Crippen molar-refractivity contribution in [3.63, 3.8) is 0 Å². The summed E-state index contributed by atoms with van der Waals surface area (Å²) in [5, 5.41) is 12.1. The topological polar surface area (TPSA) is 107 Å². The molecule has 0 radical (unpaired) electrons. The molecule has 0 bridgehead atoms. The lowest BCUT2D eigenvalue weighted by atomic mass is 9.95. The second-order valence-electron chi connectivity index (χ2n) is 8.01. The lowest BCUT2D eigenvalue weighted by Gasteiger charge is -2.36. The maximum absolute atomic E-state index is 12.8. The third-order valence-corrected chi connectivity index (χ3v) is 8.96. The number of rotatable bonds is 6. The van der Waals surface area contributed by atoms with Gasteiger partial charge in [0.05, 0.1) is 24.1 Å². The van der Waals surface area contributed by atoms with Crippen LogP contribution in [0.15, 0.2) is 39.9 Å². The quantitative estimate of drug-likeness (QED) is 0.584. The number of sulfonamides is 2. The Balaban J connectivity index is 1.82. The highest BCUT2D eigenvalue weighted by molar-refractivity contribution is 7.91. The molecule has 0 atom stereocenters. The van der Waals surface area contributed by atoms with E-state index >= 15 is 0 Å². The molecule has 0 unspecified atom stereocenters. The number of anilines is 1. The van der Waals surface area contributed by atoms with Crippen molar-refractivity contribution in [3.05, 3.63) is 46.8 Å². The van der Waals surface area contributed by atoms with Crippen LogP contribution in [0.2, 0.25) is 0 Å². The van der Waals surface area contributed by atoms with Crippen molar-refractivity contribution in [2.45, 2.75) is 23.7 Å². The average molecular weight is 498 g/mol. The highest BCUT2D eigenvalue weighted by Crippen LogP contribution is 2.29. The zero-order valence-corrected chi connectivity index (χ0v) is 20.6. The van der Waals surface area contributed by atoms with E-state index in [0.717, 1.165) is 11.9 Å². The number of benzene rings is 1. The number of nitrogens with one attached hydrogen (secondary N) is 1. The SMILES string of the molecule is CC(C)(O)c1ccc(N2CCN(S(=O)(=O)c3cccs3)CC2)c(C#CCNS(C)(=O)=O)c1. The Hall–Kier alpha value is -1.94. The van der Waals surface area contributed by atoms with E-state index in [4.69, 9.17) is 0 Å². The van der Waals surface area contributed by atoms with Crippen LogP contribution in [0.25, 0.3) is 0 Å². The molecule has 1 aromatic carbocycles. The second-order valence-corrected chi connectivity index (χ2v) is 13.0. The third kappa shape index (κ3) is 6.10. The molecule has 1 aliphatic heterocycles. The third-order valence-electron chi connectivity index (χ3n) is 5.02. The lowest BCUT2D eigenvalue weighted by Crippen LogP contribution is -2.48. The molecule has 0 saturated carbocycles. The van der Waals surface area contributed by atoms with Gasteiger partial charge in [0.1, 0.15) is 4.21 Å². The van der Waals surface area contributed by atoms with Crippen LogP contribution in [0, 0.1) is 11.8 Å². The summed E-state index contributed by atoms with van der Waals surface area (Å²) >= 11 is 1.21. The van der Waals surface area contributed by atoms with Crippen LogP contribution in [-0.4, -0.2) is 65.2 Å². The van der Waals surface area contributed by atoms with E-state index in [1.807, 2.05) is 12.1 Å². The van der Waals surface area contributed by atoms with Gasteiger partial charge in [-0.3, -0.25) is 0 Å². The van der Waals surface area contributed by atoms with Gasteiger partial charge < -0.3 is 10.0 Å². The van der Waals surface area contributed by atoms with Gasteiger partial charge in [-0.25, -0.2) is 21.6 Å². The molecule has 11 heteroatoms. The number of hydrogen-bond acceptors (Lipinski definition) is 7. The summed E-state index contributed by atoms with van der Waals surface area (Å²) < 4.78 is 52.3. The van der Waals surface area contributed by atoms with E-state index in [1.54, 1.807) is 37.4 Å². The monoisotopic (exact) mass is 497 g/mol. The Labute approximate surface area is 194 Å². The summed E-state index contributed by atoms with van der Waals surface area (Å²) in [7, 11) is -6.84. The van der Waals surface area contributed by atoms with Crippen molar-refractivity contribution in [2.24, 2.45) is 0 Å². The first-order valence-electron chi connectivity index (χ1n) is 9.97. The van der Waals surface area contributed by atoms with Crippen molar-refractivity contribution in [2.75, 3.05) is 43.9 Å². The fourth-order valence-corrected chi connectivity index (χ4v) is 6.21. The van der Waals surface area contributed by atoms with Crippen molar-refractivity contribution in [3.8, 4) is 11.8 Å². The number of piperazine rings is 1. The van der Waals surface area contributed by atoms with E-state index in [0.29, 0.717) is 41.5 Å². The minimum Gasteiger partial charge on any atom is -0.386 e. The predicted molar refractivity (Wildman–Crippen MR) is 127 cm³/mol. The fraction of sp³-hybridized carbons (Fsp3) is 0.429. The summed E-state index contributed by atoms with van der Waals surface area (Å²) in [5.41, 5.74) is 1.08. The van der Waals surface area contributed by atoms with Gasteiger partial charge in [-0.15, -0.1) is 11.3 Å². The zero-order chi connectivity index (χ0) is 23.6. The van der Waals surface area contributed by atoms with Crippen molar-refractivity contribution < 1.29 is 21.9 Å². The molecule has 0 aliphatic carbocycles. The van der Waals surface area contributed by atoms with Gasteiger partial charge in [0, 0.05) is 31.7 Å². The van der Waals surface area contributed by atoms with Crippen LogP contribution in [0.4, 0.5) is 5.69 Å². The molecule has 0 spiro atoms. The first kappa shape index (κ1) is 24.7. The molecular weight excluding hydrogens is 470 g/mol. The first-order chi connectivity index (χ1) is 14.9. The minimum absolute atomic E-state index is 0.0299. The van der Waals surface area contributed by atoms with Gasteiger partial charge >= 0.3 is 0 Å². The Morgan fingerprint density at radius 2 is 1.81 bits per heavy atom. The van der Waals surface area contributed by atoms with Gasteiger partial charge in [0.2, 0.25) is 10.0 Å². The normalized spacial score (nSPS) is 15.9. The highest BCUT2D eigenvalue weighted by Gasteiger charge is 2.30. The molecule has 3 rings (SSSR count). The maximum atomic E-state index is 12.8. The molecular formula is C21H27N3O5S3. The predicted octanol–water partition coefficient (Wildman–Crippen LogP) is 1.39. The largest absolute Gasteiger partial charge is 0.386 e. The van der Waals surface area contributed by atoms with Crippen LogP contribution < -0.4 is 9.62 Å². The van der Waals surface area contributed by atoms with Crippen LogP contribution in [0.5, 0.6) is 0 Å². The summed E-state index contributed by atoms with van der Waals surface area (Å²) in [6, 6.07) is 8.81. The standard InChI is InChI=1S/C21H27N3O5S3/c1-21(2,25)18-8-9-19(17(16-18)6-4-10-22-31(3,26)27)23-11-13-24(14-12-23)32(28,29)20-7-5-15-30-20/h5,7-9,15-16,22,25H,10-14H2,1-3H3. The molecule has 1 aliphatic rings. The van der Waals surface area contributed by atoms with Crippen molar-refractivity contribution in [1.29, 1.82) is 0 Å². The van der Waals surface area contributed by atoms with Crippen molar-refractivity contribution in [1.82, 2.24) is 9.03 Å². The molecule has 1 saturated heterocycles. The maximum Gasteiger partial charge on any atom is 0.252 e. The van der Waals surface area contributed by atoms with Crippen LogP contribution in [0.3, 0.4) is 0 Å². The summed E-state index contributed by atoms with van der Waals surface area (Å²) in [4.78, 5) is 2.06. The Bertz CT molecular complexity index is 1210. The van der Waals surface area contributed by atoms with Crippen LogP contribution in [-0.2, 0) is 25.6 Å². The van der Waals surface area contributed by atoms with Gasteiger partial charge in [0.15, 0.2) is 0 Å². The van der Waals surface area contributed by atoms with Gasteiger partial charge in [0.25, 0.3) is 10.0 Å². The summed E-state index contributed by atoms with van der Waals surface area (Å²) in [6.45, 7) is 4.99. The second kappa shape index (κ2) is 9.51. The van der Waals surface area contributed by atoms with Gasteiger partial charge in [-0.05, 0) is 43.0 Å². The van der Waals surface area contributed by atoms with E-state index in [2.05, 4.69) is 21.5 Å². The first-order valence-corrected chi connectivity index (χ1v) is 14.2. The highest BCUT2D eigenvalue weighted by atomic mass is 32.2. The molecule has 1 aromatic heterocycles. The molecule has 2 heterocycles. The molecule has 0 amide bonds. The van der Waals surface area contributed by atoms with Gasteiger partial charge in [-0.1, -0.05) is 24.0 Å². The number of hydrogen-bond donors (Lipinski definition) is 2. The molecule has 174 valence electrons. The minimum atomic E-state index is -3.49. The molecule has 32 heavy (non-hydrogen) atoms. The van der Waals surface area contributed by atoms with Crippen LogP contribution >= 0.6 is 11.3 Å². The molecule has 2 N–H and O–H groups in total. The smallest absolute Gasteiger partial charge is 0.252 e. The Morgan fingerprint density at radius 1 is 1.12 bits per heavy atom. The summed E-state index contributed by atoms with van der Waals surface area (Å²) in [6.07, 6.45) is 1.07. The van der Waals surface area contributed by atoms with Crippen molar-refractivity contribution >= 4 is 37.1 Å². The lowest BCUT2D eigenvalue weighted by molar-refractivity contribution is 0.0786. The van der Waals surface area contributed by atoms with Crippen LogP contribution in [0.1, 0.15) is 25.0 Å². The molecule has 2 aromatic rings. The number of nitrogens with zero attached hydrogens (tertiary/aromatic N) is 2. The van der Waals surface area contributed by atoms with Gasteiger partial charge in [-0.2, -0.15) is 4.31 Å². The molecule has 8 nitrogen and oxygen atoms in total.